The minimum Gasteiger partial charge on any atom is -0.486 e. The number of aromatic nitrogens is 2. The van der Waals surface area contributed by atoms with Gasteiger partial charge in [-0.2, -0.15) is 13.2 Å². The Hall–Kier alpha value is -2.74. The van der Waals surface area contributed by atoms with E-state index in [0.717, 1.165) is 17.8 Å². The Morgan fingerprint density at radius 1 is 0.964 bits per heavy atom. The summed E-state index contributed by atoms with van der Waals surface area (Å²) >= 11 is 1.11. The van der Waals surface area contributed by atoms with Crippen molar-refractivity contribution >= 4 is 11.8 Å². The molecule has 8 heteroatoms. The summed E-state index contributed by atoms with van der Waals surface area (Å²) in [4.78, 5) is 7.99. The number of hydrogen-bond donors (Lipinski definition) is 0. The van der Waals surface area contributed by atoms with Gasteiger partial charge in [0.2, 0.25) is 0 Å². The van der Waals surface area contributed by atoms with Gasteiger partial charge >= 0.3 is 6.18 Å². The Balaban J connectivity index is 1.54. The average molecular weight is 404 g/mol. The molecular weight excluding hydrogens is 389 g/mol. The highest BCUT2D eigenvalue weighted by atomic mass is 32.2. The van der Waals surface area contributed by atoms with Gasteiger partial charge in [0.15, 0.2) is 16.7 Å². The molecule has 2 aromatic carbocycles. The van der Waals surface area contributed by atoms with Crippen molar-refractivity contribution in [2.75, 3.05) is 12.4 Å². The SMILES string of the molecule is FC(F)(F)c1cc(-c2ccccc2)nc(SCC2COc3ccccc3O2)n1. The lowest BCUT2D eigenvalue weighted by molar-refractivity contribution is -0.141. The van der Waals surface area contributed by atoms with Gasteiger partial charge in [-0.15, -0.1) is 0 Å². The number of thioether (sulfide) groups is 1. The van der Waals surface area contributed by atoms with Crippen LogP contribution in [0.5, 0.6) is 11.5 Å². The predicted octanol–water partition coefficient (Wildman–Crippen LogP) is 5.09. The quantitative estimate of drug-likeness (QED) is 0.447. The van der Waals surface area contributed by atoms with E-state index < -0.39 is 11.9 Å². The van der Waals surface area contributed by atoms with Gasteiger partial charge in [-0.25, -0.2) is 9.97 Å². The van der Waals surface area contributed by atoms with E-state index in [2.05, 4.69) is 9.97 Å². The number of rotatable bonds is 4. The summed E-state index contributed by atoms with van der Waals surface area (Å²) in [6, 6.07) is 17.0. The van der Waals surface area contributed by atoms with E-state index in [1.807, 2.05) is 12.1 Å². The molecule has 0 N–H and O–H groups in total. The molecule has 0 fully saturated rings. The van der Waals surface area contributed by atoms with Crippen molar-refractivity contribution in [1.29, 1.82) is 0 Å². The smallest absolute Gasteiger partial charge is 0.433 e. The minimum absolute atomic E-state index is 0.0520. The van der Waals surface area contributed by atoms with Crippen molar-refractivity contribution in [2.24, 2.45) is 0 Å². The highest BCUT2D eigenvalue weighted by Crippen LogP contribution is 2.34. The first kappa shape index (κ1) is 18.6. The zero-order valence-corrected chi connectivity index (χ0v) is 15.3. The van der Waals surface area contributed by atoms with Gasteiger partial charge in [-0.05, 0) is 18.2 Å². The minimum atomic E-state index is -4.55. The molecule has 0 radical (unpaired) electrons. The molecule has 3 aromatic rings. The highest BCUT2D eigenvalue weighted by molar-refractivity contribution is 7.99. The maximum Gasteiger partial charge on any atom is 0.433 e. The molecule has 0 amide bonds. The molecule has 0 spiro atoms. The van der Waals surface area contributed by atoms with E-state index >= 15 is 0 Å². The third kappa shape index (κ3) is 4.22. The predicted molar refractivity (Wildman–Crippen MR) is 99.5 cm³/mol. The van der Waals surface area contributed by atoms with Crippen molar-refractivity contribution in [3.05, 3.63) is 66.4 Å². The largest absolute Gasteiger partial charge is 0.486 e. The van der Waals surface area contributed by atoms with E-state index in [4.69, 9.17) is 9.47 Å². The molecule has 4 rings (SSSR count). The van der Waals surface area contributed by atoms with Crippen LogP contribution in [0.1, 0.15) is 5.69 Å². The van der Waals surface area contributed by atoms with Crippen molar-refractivity contribution in [3.63, 3.8) is 0 Å². The number of fused-ring (bicyclic) bond motifs is 1. The Morgan fingerprint density at radius 2 is 1.68 bits per heavy atom. The van der Waals surface area contributed by atoms with Gasteiger partial charge in [0.25, 0.3) is 0 Å². The van der Waals surface area contributed by atoms with Gasteiger partial charge in [-0.3, -0.25) is 0 Å². The Labute approximate surface area is 163 Å². The lowest BCUT2D eigenvalue weighted by atomic mass is 10.1. The van der Waals surface area contributed by atoms with Gasteiger partial charge in [-0.1, -0.05) is 54.2 Å². The first-order valence-corrected chi connectivity index (χ1v) is 9.50. The maximum absolute atomic E-state index is 13.3. The second-order valence-electron chi connectivity index (χ2n) is 6.09. The molecule has 0 saturated carbocycles. The maximum atomic E-state index is 13.3. The normalized spacial score (nSPS) is 16.0. The fourth-order valence-corrected chi connectivity index (χ4v) is 3.53. The van der Waals surface area contributed by atoms with Crippen LogP contribution in [0, 0.1) is 0 Å². The lowest BCUT2D eigenvalue weighted by Gasteiger charge is -2.26. The molecule has 4 nitrogen and oxygen atoms in total. The first-order valence-electron chi connectivity index (χ1n) is 8.52. The van der Waals surface area contributed by atoms with Crippen molar-refractivity contribution in [1.82, 2.24) is 9.97 Å². The van der Waals surface area contributed by atoms with Crippen LogP contribution in [0.2, 0.25) is 0 Å². The molecule has 1 unspecified atom stereocenters. The molecule has 1 aliphatic rings. The van der Waals surface area contributed by atoms with Crippen molar-refractivity contribution in [2.45, 2.75) is 17.4 Å². The Kier molecular flexibility index (Phi) is 5.13. The van der Waals surface area contributed by atoms with E-state index in [9.17, 15) is 13.2 Å². The van der Waals surface area contributed by atoms with Gasteiger partial charge in [0.05, 0.1) is 5.69 Å². The van der Waals surface area contributed by atoms with Crippen LogP contribution in [0.3, 0.4) is 0 Å². The molecule has 144 valence electrons. The van der Waals surface area contributed by atoms with E-state index in [1.54, 1.807) is 42.5 Å². The number of benzene rings is 2. The van der Waals surface area contributed by atoms with Crippen LogP contribution in [0.15, 0.2) is 65.8 Å². The molecule has 1 aromatic heterocycles. The molecule has 28 heavy (non-hydrogen) atoms. The Morgan fingerprint density at radius 3 is 2.43 bits per heavy atom. The van der Waals surface area contributed by atoms with Gasteiger partial charge in [0, 0.05) is 11.3 Å². The van der Waals surface area contributed by atoms with Gasteiger partial charge < -0.3 is 9.47 Å². The second-order valence-corrected chi connectivity index (χ2v) is 7.08. The monoisotopic (exact) mass is 404 g/mol. The van der Waals surface area contributed by atoms with Gasteiger partial charge in [0.1, 0.15) is 18.4 Å². The van der Waals surface area contributed by atoms with Crippen molar-refractivity contribution in [3.8, 4) is 22.8 Å². The number of ether oxygens (including phenoxy) is 2. The zero-order valence-electron chi connectivity index (χ0n) is 14.5. The summed E-state index contributed by atoms with van der Waals surface area (Å²) in [5.74, 6) is 1.64. The number of halogens is 3. The van der Waals surface area contributed by atoms with Crippen LogP contribution in [-0.2, 0) is 6.18 Å². The van der Waals surface area contributed by atoms with E-state index in [0.29, 0.717) is 29.4 Å². The third-order valence-electron chi connectivity index (χ3n) is 4.03. The number of alkyl halides is 3. The molecule has 0 aliphatic carbocycles. The molecule has 0 saturated heterocycles. The first-order chi connectivity index (χ1) is 13.5. The zero-order chi connectivity index (χ0) is 19.6. The topological polar surface area (TPSA) is 44.2 Å². The number of nitrogens with zero attached hydrogens (tertiary/aromatic N) is 2. The Bertz CT molecular complexity index is 967. The summed E-state index contributed by atoms with van der Waals surface area (Å²) in [6.45, 7) is 0.314. The van der Waals surface area contributed by atoms with Crippen LogP contribution >= 0.6 is 11.8 Å². The van der Waals surface area contributed by atoms with Crippen LogP contribution in [0.25, 0.3) is 11.3 Å². The number of hydrogen-bond acceptors (Lipinski definition) is 5. The fraction of sp³-hybridized carbons (Fsp3) is 0.200. The van der Waals surface area contributed by atoms with Crippen LogP contribution in [-0.4, -0.2) is 28.4 Å². The van der Waals surface area contributed by atoms with Crippen LogP contribution < -0.4 is 9.47 Å². The lowest BCUT2D eigenvalue weighted by Crippen LogP contribution is -2.31. The molecule has 1 aliphatic heterocycles. The summed E-state index contributed by atoms with van der Waals surface area (Å²) < 4.78 is 51.3. The van der Waals surface area contributed by atoms with Crippen LogP contribution in [0.4, 0.5) is 13.2 Å². The molecule has 1 atom stereocenters. The fourth-order valence-electron chi connectivity index (χ4n) is 2.70. The average Bonchev–Trinajstić information content (AvgIpc) is 2.72. The summed E-state index contributed by atoms with van der Waals surface area (Å²) in [5.41, 5.74) is -0.130. The van der Waals surface area contributed by atoms with Crippen molar-refractivity contribution < 1.29 is 22.6 Å². The van der Waals surface area contributed by atoms with E-state index in [1.165, 1.54) is 0 Å². The molecular formula is C20H15F3N2O2S. The standard InChI is InChI=1S/C20H15F3N2O2S/c21-20(22,23)18-10-15(13-6-2-1-3-7-13)24-19(25-18)28-12-14-11-26-16-8-4-5-9-17(16)27-14/h1-10,14H,11-12H2. The summed E-state index contributed by atoms with van der Waals surface area (Å²) in [6.07, 6.45) is -4.86. The third-order valence-corrected chi connectivity index (χ3v) is 5.01. The van der Waals surface area contributed by atoms with E-state index in [-0.39, 0.29) is 17.0 Å². The summed E-state index contributed by atoms with van der Waals surface area (Å²) in [7, 11) is 0. The molecule has 2 heterocycles. The summed E-state index contributed by atoms with van der Waals surface area (Å²) in [5, 5.41) is 0.0520. The number of para-hydroxylation sites is 2. The second kappa shape index (κ2) is 7.71. The molecule has 0 bridgehead atoms. The highest BCUT2D eigenvalue weighted by Gasteiger charge is 2.34.